The summed E-state index contributed by atoms with van der Waals surface area (Å²) in [5, 5.41) is 0.830. The lowest BCUT2D eigenvalue weighted by molar-refractivity contribution is -0.138. The van der Waals surface area contributed by atoms with Crippen LogP contribution in [0.2, 0.25) is 10.0 Å². The normalized spacial score (nSPS) is 23.1. The maximum absolute atomic E-state index is 14.0. The van der Waals surface area contributed by atoms with Gasteiger partial charge in [0.2, 0.25) is 0 Å². The van der Waals surface area contributed by atoms with Gasteiger partial charge in [-0.15, -0.1) is 0 Å². The molecule has 198 valence electrons. The van der Waals surface area contributed by atoms with E-state index in [0.29, 0.717) is 38.1 Å². The Labute approximate surface area is 231 Å². The van der Waals surface area contributed by atoms with Gasteiger partial charge in [0.1, 0.15) is 6.61 Å². The Morgan fingerprint density at radius 1 is 1.08 bits per heavy atom. The Hall–Kier alpha value is -3.17. The van der Waals surface area contributed by atoms with Crippen molar-refractivity contribution in [2.75, 3.05) is 5.73 Å². The molecular formula is C28H29Cl2N5O3. The minimum atomic E-state index is -0.809. The molecule has 0 unspecified atom stereocenters. The van der Waals surface area contributed by atoms with Crippen molar-refractivity contribution in [3.05, 3.63) is 93.2 Å². The summed E-state index contributed by atoms with van der Waals surface area (Å²) < 4.78 is 0. The minimum Gasteiger partial charge on any atom is -0.397 e. The number of anilines is 1. The molecular weight excluding hydrogens is 525 g/mol. The zero-order valence-corrected chi connectivity index (χ0v) is 22.2. The second-order valence-corrected chi connectivity index (χ2v) is 10.6. The summed E-state index contributed by atoms with van der Waals surface area (Å²) in [6, 6.07) is 14.5. The van der Waals surface area contributed by atoms with E-state index in [0.717, 1.165) is 25.7 Å². The Bertz CT molecular complexity index is 1340. The quantitative estimate of drug-likeness (QED) is 0.378. The molecule has 2 amide bonds. The van der Waals surface area contributed by atoms with Crippen LogP contribution < -0.4 is 16.9 Å². The number of aromatic nitrogens is 1. The number of nitrogens with one attached hydrogen (secondary N) is 1. The average molecular weight is 554 g/mol. The highest BCUT2D eigenvalue weighted by molar-refractivity contribution is 6.35. The molecule has 2 aliphatic rings. The zero-order chi connectivity index (χ0) is 26.8. The Morgan fingerprint density at radius 3 is 2.61 bits per heavy atom. The highest BCUT2D eigenvalue weighted by Crippen LogP contribution is 2.47. The molecule has 5 rings (SSSR count). The van der Waals surface area contributed by atoms with Crippen molar-refractivity contribution < 1.29 is 14.4 Å². The highest BCUT2D eigenvalue weighted by atomic mass is 35.5. The number of halogens is 2. The van der Waals surface area contributed by atoms with Crippen molar-refractivity contribution in [3.8, 4) is 0 Å². The first-order chi connectivity index (χ1) is 18.3. The number of amides is 2. The molecule has 1 aliphatic carbocycles. The van der Waals surface area contributed by atoms with E-state index < -0.39 is 17.9 Å². The van der Waals surface area contributed by atoms with Gasteiger partial charge in [-0.3, -0.25) is 19.4 Å². The molecule has 3 aromatic rings. The molecule has 0 saturated heterocycles. The molecule has 1 aliphatic heterocycles. The first-order valence-electron chi connectivity index (χ1n) is 12.6. The van der Waals surface area contributed by atoms with Gasteiger partial charge in [-0.25, -0.2) is 5.48 Å². The molecule has 5 N–H and O–H groups in total. The lowest BCUT2D eigenvalue weighted by Gasteiger charge is -2.48. The fraction of sp³-hybridized carbons (Fsp3) is 0.321. The van der Waals surface area contributed by atoms with Crippen LogP contribution in [0.5, 0.6) is 0 Å². The largest absolute Gasteiger partial charge is 0.397 e. The summed E-state index contributed by atoms with van der Waals surface area (Å²) in [5.74, 6) is -1.39. The van der Waals surface area contributed by atoms with Crippen LogP contribution in [0.1, 0.15) is 64.8 Å². The molecule has 1 fully saturated rings. The fourth-order valence-corrected chi connectivity index (χ4v) is 6.04. The van der Waals surface area contributed by atoms with Gasteiger partial charge >= 0.3 is 0 Å². The van der Waals surface area contributed by atoms with Crippen molar-refractivity contribution in [1.82, 2.24) is 15.4 Å². The molecule has 0 spiro atoms. The predicted molar refractivity (Wildman–Crippen MR) is 146 cm³/mol. The Kier molecular flexibility index (Phi) is 7.85. The summed E-state index contributed by atoms with van der Waals surface area (Å²) in [6.45, 7) is 0.0445. The number of hydrogen-bond donors (Lipinski definition) is 3. The van der Waals surface area contributed by atoms with Gasteiger partial charge in [-0.05, 0) is 54.3 Å². The van der Waals surface area contributed by atoms with Crippen LogP contribution in [0.3, 0.4) is 0 Å². The van der Waals surface area contributed by atoms with Crippen LogP contribution in [0.25, 0.3) is 0 Å². The van der Waals surface area contributed by atoms with Gasteiger partial charge in [-0.1, -0.05) is 60.3 Å². The van der Waals surface area contributed by atoms with E-state index >= 15 is 0 Å². The Balaban J connectivity index is 1.55. The number of nitrogen functional groups attached to an aromatic ring is 1. The summed E-state index contributed by atoms with van der Waals surface area (Å²) in [5.41, 5.74) is 17.7. The van der Waals surface area contributed by atoms with Crippen LogP contribution in [0.15, 0.2) is 60.8 Å². The van der Waals surface area contributed by atoms with Crippen LogP contribution in [-0.2, 0) is 16.2 Å². The average Bonchev–Trinajstić information content (AvgIpc) is 2.90. The lowest BCUT2D eigenvalue weighted by Crippen LogP contribution is -2.57. The third-order valence-electron chi connectivity index (χ3n) is 7.32. The Morgan fingerprint density at radius 2 is 1.87 bits per heavy atom. The van der Waals surface area contributed by atoms with E-state index in [1.54, 1.807) is 53.4 Å². The van der Waals surface area contributed by atoms with Gasteiger partial charge in [0, 0.05) is 27.7 Å². The first kappa shape index (κ1) is 26.4. The van der Waals surface area contributed by atoms with E-state index in [-0.39, 0.29) is 24.6 Å². The van der Waals surface area contributed by atoms with Crippen molar-refractivity contribution in [3.63, 3.8) is 0 Å². The number of nitrogens with zero attached hydrogens (tertiary/aromatic N) is 2. The molecule has 1 aromatic heterocycles. The number of hydroxylamine groups is 1. The first-order valence-corrected chi connectivity index (χ1v) is 13.3. The summed E-state index contributed by atoms with van der Waals surface area (Å²) >= 11 is 12.9. The molecule has 38 heavy (non-hydrogen) atoms. The number of nitrogens with two attached hydrogens (primary N) is 2. The minimum absolute atomic E-state index is 0.0445. The van der Waals surface area contributed by atoms with E-state index in [9.17, 15) is 9.59 Å². The molecule has 0 bridgehead atoms. The molecule has 1 saturated carbocycles. The molecule has 4 atom stereocenters. The van der Waals surface area contributed by atoms with Gasteiger partial charge in [0.25, 0.3) is 11.8 Å². The van der Waals surface area contributed by atoms with E-state index in [1.807, 2.05) is 6.07 Å². The zero-order valence-electron chi connectivity index (χ0n) is 20.6. The standard InChI is InChI=1S/C28H29Cl2N5O3/c29-16-9-12-21(22(30)13-16)26-25(27(36)34-38-15-18-11-10-17(31)14-33-18)19-5-1-2-6-20(19)28(37)35(26)24-8-4-3-7-23(24)32/h1-2,5-6,9-14,23-26H,3-4,7-8,15,31-32H2,(H,34,36)/t23-,24-,25+,26-/m0/s1. The number of hydrogen-bond acceptors (Lipinski definition) is 6. The van der Waals surface area contributed by atoms with Gasteiger partial charge in [-0.2, -0.15) is 0 Å². The molecule has 0 radical (unpaired) electrons. The van der Waals surface area contributed by atoms with Gasteiger partial charge in [0.15, 0.2) is 0 Å². The highest BCUT2D eigenvalue weighted by Gasteiger charge is 2.48. The second-order valence-electron chi connectivity index (χ2n) is 9.74. The number of benzene rings is 2. The van der Waals surface area contributed by atoms with Gasteiger partial charge < -0.3 is 16.4 Å². The number of rotatable bonds is 6. The fourth-order valence-electron chi connectivity index (χ4n) is 5.52. The van der Waals surface area contributed by atoms with E-state index in [1.165, 1.54) is 6.20 Å². The third-order valence-corrected chi connectivity index (χ3v) is 7.88. The maximum atomic E-state index is 14.0. The maximum Gasteiger partial charge on any atom is 0.255 e. The van der Waals surface area contributed by atoms with Crippen LogP contribution in [0, 0.1) is 0 Å². The van der Waals surface area contributed by atoms with Gasteiger partial charge in [0.05, 0.1) is 29.5 Å². The van der Waals surface area contributed by atoms with Crippen molar-refractivity contribution in [2.45, 2.75) is 56.3 Å². The number of carbonyl (C=O) groups excluding carboxylic acids is 2. The number of carbonyl (C=O) groups is 2. The van der Waals surface area contributed by atoms with E-state index in [4.69, 9.17) is 39.5 Å². The van der Waals surface area contributed by atoms with Crippen LogP contribution in [-0.4, -0.2) is 33.8 Å². The lowest BCUT2D eigenvalue weighted by atomic mass is 9.76. The van der Waals surface area contributed by atoms with Crippen molar-refractivity contribution in [2.24, 2.45) is 5.73 Å². The molecule has 8 nitrogen and oxygen atoms in total. The number of pyridine rings is 1. The molecule has 2 aromatic carbocycles. The summed E-state index contributed by atoms with van der Waals surface area (Å²) in [4.78, 5) is 39.4. The van der Waals surface area contributed by atoms with E-state index in [2.05, 4.69) is 10.5 Å². The van der Waals surface area contributed by atoms with Crippen molar-refractivity contribution in [1.29, 1.82) is 0 Å². The monoisotopic (exact) mass is 553 g/mol. The molecule has 10 heteroatoms. The van der Waals surface area contributed by atoms with Crippen molar-refractivity contribution >= 4 is 40.7 Å². The second kappa shape index (κ2) is 11.3. The van der Waals surface area contributed by atoms with Crippen LogP contribution >= 0.6 is 23.2 Å². The molecule has 2 heterocycles. The van der Waals surface area contributed by atoms with Crippen LogP contribution in [0.4, 0.5) is 5.69 Å². The SMILES string of the molecule is Nc1ccc(CONC(=O)[C@@H]2c3ccccc3C(=O)N([C@H]3CCCC[C@@H]3N)[C@H]2c2ccc(Cl)cc2Cl)nc1. The third kappa shape index (κ3) is 5.22. The summed E-state index contributed by atoms with van der Waals surface area (Å²) in [7, 11) is 0. The smallest absolute Gasteiger partial charge is 0.255 e. The topological polar surface area (TPSA) is 124 Å². The summed E-state index contributed by atoms with van der Waals surface area (Å²) in [6.07, 6.45) is 5.00. The number of fused-ring (bicyclic) bond motifs is 1. The predicted octanol–water partition coefficient (Wildman–Crippen LogP) is 4.77.